The van der Waals surface area contributed by atoms with E-state index in [1.165, 1.54) is 12.1 Å². The van der Waals surface area contributed by atoms with Crippen molar-refractivity contribution in [3.8, 4) is 11.9 Å². The van der Waals surface area contributed by atoms with Gasteiger partial charge >= 0.3 is 6.18 Å². The molecule has 3 heterocycles. The van der Waals surface area contributed by atoms with Crippen LogP contribution in [0.25, 0.3) is 10.9 Å². The molecule has 1 saturated heterocycles. The summed E-state index contributed by atoms with van der Waals surface area (Å²) in [5, 5.41) is 27.8. The third-order valence-electron chi connectivity index (χ3n) is 6.27. The number of fused-ring (bicyclic) bond motifs is 2. The van der Waals surface area contributed by atoms with Crippen LogP contribution < -0.4 is 5.32 Å². The molecule has 0 bridgehead atoms. The van der Waals surface area contributed by atoms with Crippen LogP contribution in [0.15, 0.2) is 46.5 Å². The Labute approximate surface area is 204 Å². The molecule has 3 N–H and O–H groups in total. The number of nitrogens with one attached hydrogen (secondary N) is 2. The van der Waals surface area contributed by atoms with E-state index in [1.807, 2.05) is 0 Å². The van der Waals surface area contributed by atoms with E-state index in [1.54, 1.807) is 18.2 Å². The maximum absolute atomic E-state index is 13.6. The number of nitrogens with zero attached hydrogens (tertiary/aromatic N) is 4. The summed E-state index contributed by atoms with van der Waals surface area (Å²) in [6.45, 7) is 5.01. The predicted octanol–water partition coefficient (Wildman–Crippen LogP) is 3.91. The summed E-state index contributed by atoms with van der Waals surface area (Å²) in [6, 6.07) is 10.6. The molecule has 186 valence electrons. The molecule has 3 aromatic rings. The number of aromatic nitrogens is 1. The van der Waals surface area contributed by atoms with E-state index in [0.717, 1.165) is 45.2 Å². The first kappa shape index (κ1) is 23.8. The summed E-state index contributed by atoms with van der Waals surface area (Å²) in [5.41, 5.74) is 0.730. The number of nitriles is 1. The molecule has 0 unspecified atom stereocenters. The Morgan fingerprint density at radius 1 is 1.19 bits per heavy atom. The SMILES string of the molecule is N#Cc1ccc2c(c1)/C(=N\OCCCN1CCNCC1)C(c1c(O)[nH]c3c(C(F)(F)F)cccc13)=N2. The van der Waals surface area contributed by atoms with Crippen LogP contribution in [0.4, 0.5) is 18.9 Å². The molecule has 0 aliphatic carbocycles. The minimum Gasteiger partial charge on any atom is -0.494 e. The number of piperazine rings is 1. The third kappa shape index (κ3) is 4.53. The summed E-state index contributed by atoms with van der Waals surface area (Å²) >= 11 is 0. The van der Waals surface area contributed by atoms with Crippen molar-refractivity contribution in [3.63, 3.8) is 0 Å². The predicted molar refractivity (Wildman–Crippen MR) is 129 cm³/mol. The standard InChI is InChI=1S/C25H23F3N6O2/c26-25(27,28)18-4-1-3-16-20(24(35)32-21(16)18)23-22(17-13-15(14-29)5-6-19(17)31-23)33-36-12-2-9-34-10-7-30-8-11-34/h1,3-6,13,30,32,35H,2,7-12H2/b33-22+. The van der Waals surface area contributed by atoms with Gasteiger partial charge in [0, 0.05) is 43.7 Å². The Hall–Kier alpha value is -3.88. The monoisotopic (exact) mass is 496 g/mol. The van der Waals surface area contributed by atoms with Crippen molar-refractivity contribution in [1.29, 1.82) is 5.26 Å². The van der Waals surface area contributed by atoms with Gasteiger partial charge in [-0.25, -0.2) is 4.99 Å². The Kier molecular flexibility index (Phi) is 6.38. The van der Waals surface area contributed by atoms with Crippen molar-refractivity contribution in [1.82, 2.24) is 15.2 Å². The van der Waals surface area contributed by atoms with Crippen LogP contribution in [0, 0.1) is 11.3 Å². The van der Waals surface area contributed by atoms with Gasteiger partial charge in [0.2, 0.25) is 0 Å². The molecule has 2 aromatic carbocycles. The number of aromatic amines is 1. The molecule has 0 saturated carbocycles. The van der Waals surface area contributed by atoms with Gasteiger partial charge < -0.3 is 25.1 Å². The number of aliphatic imine (C=N–C) groups is 1. The third-order valence-corrected chi connectivity index (χ3v) is 6.27. The zero-order valence-electron chi connectivity index (χ0n) is 19.2. The Morgan fingerprint density at radius 3 is 2.75 bits per heavy atom. The zero-order valence-corrected chi connectivity index (χ0v) is 19.2. The van der Waals surface area contributed by atoms with Crippen LogP contribution in [0.5, 0.6) is 5.88 Å². The molecule has 1 aromatic heterocycles. The molecule has 5 rings (SSSR count). The number of halogens is 3. The summed E-state index contributed by atoms with van der Waals surface area (Å²) in [5.74, 6) is -0.458. The van der Waals surface area contributed by atoms with Crippen molar-refractivity contribution in [3.05, 3.63) is 58.7 Å². The second kappa shape index (κ2) is 9.64. The lowest BCUT2D eigenvalue weighted by Crippen LogP contribution is -2.43. The highest BCUT2D eigenvalue weighted by Crippen LogP contribution is 2.40. The maximum atomic E-state index is 13.6. The number of hydrogen-bond donors (Lipinski definition) is 3. The average molecular weight is 496 g/mol. The molecule has 0 atom stereocenters. The van der Waals surface area contributed by atoms with Crippen LogP contribution in [0.3, 0.4) is 0 Å². The van der Waals surface area contributed by atoms with Crippen LogP contribution >= 0.6 is 0 Å². The summed E-state index contributed by atoms with van der Waals surface area (Å²) in [6.07, 6.45) is -3.87. The molecule has 2 aliphatic rings. The summed E-state index contributed by atoms with van der Waals surface area (Å²) in [4.78, 5) is 14.9. The molecule has 11 heteroatoms. The van der Waals surface area contributed by atoms with Gasteiger partial charge in [0.25, 0.3) is 0 Å². The molecular formula is C25H23F3N6O2. The van der Waals surface area contributed by atoms with E-state index >= 15 is 0 Å². The van der Waals surface area contributed by atoms with Gasteiger partial charge in [-0.3, -0.25) is 0 Å². The lowest BCUT2D eigenvalue weighted by Gasteiger charge is -2.26. The van der Waals surface area contributed by atoms with Crippen molar-refractivity contribution in [2.24, 2.45) is 10.1 Å². The van der Waals surface area contributed by atoms with Crippen molar-refractivity contribution in [2.45, 2.75) is 12.6 Å². The second-order valence-electron chi connectivity index (χ2n) is 8.60. The Morgan fingerprint density at radius 2 is 2.00 bits per heavy atom. The number of H-pyrrole nitrogens is 1. The number of aromatic hydroxyl groups is 1. The zero-order chi connectivity index (χ0) is 25.3. The highest BCUT2D eigenvalue weighted by molar-refractivity contribution is 6.58. The van der Waals surface area contributed by atoms with Crippen LogP contribution in [0.2, 0.25) is 0 Å². The first-order chi connectivity index (χ1) is 17.4. The van der Waals surface area contributed by atoms with E-state index in [0.29, 0.717) is 23.4 Å². The van der Waals surface area contributed by atoms with Crippen molar-refractivity contribution in [2.75, 3.05) is 39.3 Å². The van der Waals surface area contributed by atoms with Gasteiger partial charge in [0.15, 0.2) is 5.88 Å². The van der Waals surface area contributed by atoms with E-state index in [4.69, 9.17) is 4.84 Å². The van der Waals surface area contributed by atoms with E-state index in [2.05, 4.69) is 31.4 Å². The largest absolute Gasteiger partial charge is 0.494 e. The van der Waals surface area contributed by atoms with Gasteiger partial charge in [-0.1, -0.05) is 17.3 Å². The number of rotatable bonds is 6. The fraction of sp³-hybridized carbons (Fsp3) is 0.320. The quantitative estimate of drug-likeness (QED) is 0.354. The molecule has 0 amide bonds. The summed E-state index contributed by atoms with van der Waals surface area (Å²) in [7, 11) is 0. The number of hydrogen-bond acceptors (Lipinski definition) is 7. The highest BCUT2D eigenvalue weighted by atomic mass is 19.4. The summed E-state index contributed by atoms with van der Waals surface area (Å²) < 4.78 is 40.7. The number of oxime groups is 1. The molecule has 36 heavy (non-hydrogen) atoms. The van der Waals surface area contributed by atoms with E-state index in [-0.39, 0.29) is 27.9 Å². The van der Waals surface area contributed by atoms with E-state index in [9.17, 15) is 23.5 Å². The minimum absolute atomic E-state index is 0.0916. The fourth-order valence-corrected chi connectivity index (χ4v) is 4.54. The van der Waals surface area contributed by atoms with Gasteiger partial charge in [0.05, 0.1) is 34.0 Å². The smallest absolute Gasteiger partial charge is 0.418 e. The van der Waals surface area contributed by atoms with Gasteiger partial charge in [0.1, 0.15) is 18.0 Å². The maximum Gasteiger partial charge on any atom is 0.418 e. The average Bonchev–Trinajstić information content (AvgIpc) is 3.39. The Bertz CT molecular complexity index is 1400. The van der Waals surface area contributed by atoms with E-state index < -0.39 is 17.6 Å². The molecule has 0 radical (unpaired) electrons. The first-order valence-corrected chi connectivity index (χ1v) is 11.5. The van der Waals surface area contributed by atoms with Crippen LogP contribution in [0.1, 0.15) is 28.7 Å². The minimum atomic E-state index is -4.61. The molecule has 8 nitrogen and oxygen atoms in total. The first-order valence-electron chi connectivity index (χ1n) is 11.5. The number of alkyl halides is 3. The lowest BCUT2D eigenvalue weighted by molar-refractivity contribution is -0.136. The number of para-hydroxylation sites is 1. The molecule has 1 fully saturated rings. The van der Waals surface area contributed by atoms with Crippen molar-refractivity contribution >= 4 is 28.0 Å². The van der Waals surface area contributed by atoms with Gasteiger partial charge in [-0.2, -0.15) is 18.4 Å². The molecule has 2 aliphatic heterocycles. The normalized spacial score (nSPS) is 17.3. The van der Waals surface area contributed by atoms with Crippen molar-refractivity contribution < 1.29 is 23.1 Å². The second-order valence-corrected chi connectivity index (χ2v) is 8.60. The fourth-order valence-electron chi connectivity index (χ4n) is 4.54. The van der Waals surface area contributed by atoms with Crippen LogP contribution in [-0.4, -0.2) is 65.7 Å². The molecule has 0 spiro atoms. The van der Waals surface area contributed by atoms with Gasteiger partial charge in [-0.15, -0.1) is 0 Å². The number of benzene rings is 2. The topological polar surface area (TPSA) is 109 Å². The van der Waals surface area contributed by atoms with Crippen LogP contribution in [-0.2, 0) is 11.0 Å². The Balaban J connectivity index is 1.48. The van der Waals surface area contributed by atoms with Gasteiger partial charge in [-0.05, 0) is 30.7 Å². The molecular weight excluding hydrogens is 473 g/mol. The lowest BCUT2D eigenvalue weighted by atomic mass is 9.99. The highest BCUT2D eigenvalue weighted by Gasteiger charge is 2.36.